The van der Waals surface area contributed by atoms with Gasteiger partial charge in [0.15, 0.2) is 0 Å². The molecule has 3 heteroatoms. The van der Waals surface area contributed by atoms with Gasteiger partial charge in [-0.15, -0.1) is 0 Å². The third-order valence-corrected chi connectivity index (χ3v) is 3.88. The lowest BCUT2D eigenvalue weighted by atomic mass is 9.96. The van der Waals surface area contributed by atoms with Gasteiger partial charge < -0.3 is 10.6 Å². The standard InChI is InChI=1S/C17H28N2O/c1-4-15(12-13-18)8-11-17(20)19(5-2)16-9-6-14(3)7-10-16/h6-7,9-10,15H,4-5,8,11-13,18H2,1-3H3. The summed E-state index contributed by atoms with van der Waals surface area (Å²) in [5.74, 6) is 0.785. The molecule has 0 aromatic heterocycles. The number of anilines is 1. The fourth-order valence-electron chi connectivity index (χ4n) is 2.48. The Bertz CT molecular complexity index is 400. The van der Waals surface area contributed by atoms with Gasteiger partial charge in [0, 0.05) is 18.7 Å². The molecule has 0 aliphatic rings. The molecular weight excluding hydrogens is 248 g/mol. The average Bonchev–Trinajstić information content (AvgIpc) is 2.46. The molecule has 0 aliphatic carbocycles. The fourth-order valence-corrected chi connectivity index (χ4v) is 2.48. The van der Waals surface area contributed by atoms with Crippen molar-refractivity contribution in [2.45, 2.75) is 46.5 Å². The zero-order chi connectivity index (χ0) is 15.0. The summed E-state index contributed by atoms with van der Waals surface area (Å²) in [5, 5.41) is 0. The molecule has 3 nitrogen and oxygen atoms in total. The van der Waals surface area contributed by atoms with Gasteiger partial charge in [0.1, 0.15) is 0 Å². The van der Waals surface area contributed by atoms with Crippen molar-refractivity contribution in [2.24, 2.45) is 11.7 Å². The Hall–Kier alpha value is -1.35. The van der Waals surface area contributed by atoms with E-state index in [-0.39, 0.29) is 5.91 Å². The maximum Gasteiger partial charge on any atom is 0.226 e. The molecule has 1 amide bonds. The molecule has 0 saturated heterocycles. The van der Waals surface area contributed by atoms with Crippen molar-refractivity contribution in [1.82, 2.24) is 0 Å². The van der Waals surface area contributed by atoms with E-state index in [0.29, 0.717) is 18.9 Å². The molecule has 0 fully saturated rings. The van der Waals surface area contributed by atoms with Gasteiger partial charge in [0.25, 0.3) is 0 Å². The van der Waals surface area contributed by atoms with Crippen molar-refractivity contribution in [3.05, 3.63) is 29.8 Å². The summed E-state index contributed by atoms with van der Waals surface area (Å²) >= 11 is 0. The number of hydrogen-bond acceptors (Lipinski definition) is 2. The number of nitrogens with zero attached hydrogens (tertiary/aromatic N) is 1. The van der Waals surface area contributed by atoms with Crippen LogP contribution in [0.15, 0.2) is 24.3 Å². The topological polar surface area (TPSA) is 46.3 Å². The van der Waals surface area contributed by atoms with E-state index in [1.165, 1.54) is 5.56 Å². The van der Waals surface area contributed by atoms with Crippen LogP contribution in [0.2, 0.25) is 0 Å². The average molecular weight is 276 g/mol. The van der Waals surface area contributed by atoms with E-state index in [0.717, 1.165) is 31.5 Å². The summed E-state index contributed by atoms with van der Waals surface area (Å²) in [6.07, 6.45) is 3.66. The SMILES string of the molecule is CCC(CCN)CCC(=O)N(CC)c1ccc(C)cc1. The Labute approximate surface area is 123 Å². The summed E-state index contributed by atoms with van der Waals surface area (Å²) in [4.78, 5) is 14.2. The Morgan fingerprint density at radius 3 is 2.35 bits per heavy atom. The highest BCUT2D eigenvalue weighted by Gasteiger charge is 2.15. The van der Waals surface area contributed by atoms with Crippen molar-refractivity contribution in [2.75, 3.05) is 18.0 Å². The molecule has 0 radical (unpaired) electrons. The summed E-state index contributed by atoms with van der Waals surface area (Å²) < 4.78 is 0. The number of amides is 1. The van der Waals surface area contributed by atoms with Gasteiger partial charge in [-0.2, -0.15) is 0 Å². The minimum absolute atomic E-state index is 0.215. The number of carbonyl (C=O) groups is 1. The van der Waals surface area contributed by atoms with Crippen LogP contribution in [0, 0.1) is 12.8 Å². The van der Waals surface area contributed by atoms with Crippen molar-refractivity contribution in [3.63, 3.8) is 0 Å². The molecule has 0 saturated carbocycles. The van der Waals surface area contributed by atoms with Crippen LogP contribution in [0.5, 0.6) is 0 Å². The minimum atomic E-state index is 0.215. The van der Waals surface area contributed by atoms with E-state index in [9.17, 15) is 4.79 Å². The maximum atomic E-state index is 12.4. The second-order valence-electron chi connectivity index (χ2n) is 5.36. The van der Waals surface area contributed by atoms with E-state index in [4.69, 9.17) is 5.73 Å². The third-order valence-electron chi connectivity index (χ3n) is 3.88. The van der Waals surface area contributed by atoms with Gasteiger partial charge in [-0.1, -0.05) is 31.0 Å². The molecule has 1 aromatic carbocycles. The Balaban J connectivity index is 2.61. The predicted molar refractivity (Wildman–Crippen MR) is 85.9 cm³/mol. The van der Waals surface area contributed by atoms with Crippen molar-refractivity contribution in [1.29, 1.82) is 0 Å². The molecule has 1 aromatic rings. The number of nitrogens with two attached hydrogens (primary N) is 1. The molecule has 0 aliphatic heterocycles. The number of rotatable bonds is 8. The van der Waals surface area contributed by atoms with Crippen LogP contribution in [0.3, 0.4) is 0 Å². The molecule has 0 heterocycles. The minimum Gasteiger partial charge on any atom is -0.330 e. The number of aryl methyl sites for hydroxylation is 1. The first-order valence-electron chi connectivity index (χ1n) is 7.69. The molecule has 1 rings (SSSR count). The van der Waals surface area contributed by atoms with Crippen LogP contribution in [-0.4, -0.2) is 19.0 Å². The van der Waals surface area contributed by atoms with Crippen LogP contribution in [0.25, 0.3) is 0 Å². The highest BCUT2D eigenvalue weighted by Crippen LogP contribution is 2.19. The van der Waals surface area contributed by atoms with E-state index in [1.54, 1.807) is 0 Å². The summed E-state index contributed by atoms with van der Waals surface area (Å²) in [7, 11) is 0. The predicted octanol–water partition coefficient (Wildman–Crippen LogP) is 3.50. The molecule has 1 unspecified atom stereocenters. The normalized spacial score (nSPS) is 12.2. The molecular formula is C17H28N2O. The Kier molecular flexibility index (Phi) is 7.31. The molecule has 0 bridgehead atoms. The van der Waals surface area contributed by atoms with Crippen molar-refractivity contribution >= 4 is 11.6 Å². The zero-order valence-corrected chi connectivity index (χ0v) is 13.1. The monoisotopic (exact) mass is 276 g/mol. The van der Waals surface area contributed by atoms with Crippen LogP contribution >= 0.6 is 0 Å². The Morgan fingerprint density at radius 2 is 1.85 bits per heavy atom. The third kappa shape index (κ3) is 4.97. The van der Waals surface area contributed by atoms with Crippen LogP contribution in [0.4, 0.5) is 5.69 Å². The van der Waals surface area contributed by atoms with E-state index in [2.05, 4.69) is 26.0 Å². The second kappa shape index (κ2) is 8.75. The van der Waals surface area contributed by atoms with Gasteiger partial charge >= 0.3 is 0 Å². The van der Waals surface area contributed by atoms with Crippen LogP contribution < -0.4 is 10.6 Å². The second-order valence-corrected chi connectivity index (χ2v) is 5.36. The molecule has 1 atom stereocenters. The highest BCUT2D eigenvalue weighted by molar-refractivity contribution is 5.93. The van der Waals surface area contributed by atoms with Gasteiger partial charge in [-0.3, -0.25) is 4.79 Å². The fraction of sp³-hybridized carbons (Fsp3) is 0.588. The van der Waals surface area contributed by atoms with Gasteiger partial charge in [0.2, 0.25) is 5.91 Å². The van der Waals surface area contributed by atoms with Gasteiger partial charge in [-0.25, -0.2) is 0 Å². The highest BCUT2D eigenvalue weighted by atomic mass is 16.2. The zero-order valence-electron chi connectivity index (χ0n) is 13.1. The largest absolute Gasteiger partial charge is 0.330 e. The van der Waals surface area contributed by atoms with E-state index in [1.807, 2.05) is 24.0 Å². The van der Waals surface area contributed by atoms with Crippen LogP contribution in [-0.2, 0) is 4.79 Å². The lowest BCUT2D eigenvalue weighted by molar-refractivity contribution is -0.118. The van der Waals surface area contributed by atoms with Crippen molar-refractivity contribution in [3.8, 4) is 0 Å². The van der Waals surface area contributed by atoms with Crippen molar-refractivity contribution < 1.29 is 4.79 Å². The lowest BCUT2D eigenvalue weighted by Gasteiger charge is -2.22. The first-order chi connectivity index (χ1) is 9.62. The molecule has 20 heavy (non-hydrogen) atoms. The molecule has 2 N–H and O–H groups in total. The van der Waals surface area contributed by atoms with E-state index >= 15 is 0 Å². The number of carbonyl (C=O) groups excluding carboxylic acids is 1. The van der Waals surface area contributed by atoms with Gasteiger partial charge in [-0.05, 0) is 51.3 Å². The molecule has 0 spiro atoms. The quantitative estimate of drug-likeness (QED) is 0.790. The number of benzene rings is 1. The van der Waals surface area contributed by atoms with Crippen LogP contribution in [0.1, 0.15) is 45.1 Å². The Morgan fingerprint density at radius 1 is 1.20 bits per heavy atom. The lowest BCUT2D eigenvalue weighted by Crippen LogP contribution is -2.30. The first-order valence-corrected chi connectivity index (χ1v) is 7.69. The summed E-state index contributed by atoms with van der Waals surface area (Å²) in [6.45, 7) is 7.68. The van der Waals surface area contributed by atoms with E-state index < -0.39 is 0 Å². The summed E-state index contributed by atoms with van der Waals surface area (Å²) in [6, 6.07) is 8.14. The first kappa shape index (κ1) is 16.7. The summed E-state index contributed by atoms with van der Waals surface area (Å²) in [5.41, 5.74) is 7.82. The maximum absolute atomic E-state index is 12.4. The van der Waals surface area contributed by atoms with Gasteiger partial charge in [0.05, 0.1) is 0 Å². The smallest absolute Gasteiger partial charge is 0.226 e. The molecule has 112 valence electrons. The number of hydrogen-bond donors (Lipinski definition) is 1.